The maximum Gasteiger partial charge on any atom is 0.260 e. The minimum absolute atomic E-state index is 0.0511. The Labute approximate surface area is 221 Å². The molecule has 0 bridgehead atoms. The molecule has 1 unspecified atom stereocenters. The van der Waals surface area contributed by atoms with E-state index < -0.39 is 6.04 Å². The Hall–Kier alpha value is -3.90. The van der Waals surface area contributed by atoms with Gasteiger partial charge in [0.1, 0.15) is 18.1 Å². The molecule has 0 spiro atoms. The maximum absolute atomic E-state index is 6.63. The number of ether oxygens (including phenoxy) is 5. The first-order valence-electron chi connectivity index (χ1n) is 12.4. The quantitative estimate of drug-likeness (QED) is 0.0985. The van der Waals surface area contributed by atoms with Gasteiger partial charge in [-0.25, -0.2) is 0 Å². The fourth-order valence-corrected chi connectivity index (χ4v) is 3.77. The van der Waals surface area contributed by atoms with Crippen LogP contribution in [0.15, 0.2) is 66.5 Å². The Morgan fingerprint density at radius 2 is 1.66 bits per heavy atom. The number of rotatable bonds is 16. The van der Waals surface area contributed by atoms with Crippen molar-refractivity contribution in [3.63, 3.8) is 0 Å². The lowest BCUT2D eigenvalue weighted by molar-refractivity contribution is -0.0276. The van der Waals surface area contributed by atoms with E-state index >= 15 is 0 Å². The van der Waals surface area contributed by atoms with E-state index in [0.29, 0.717) is 51.1 Å². The molecule has 0 aliphatic heterocycles. The van der Waals surface area contributed by atoms with E-state index in [-0.39, 0.29) is 18.4 Å². The van der Waals surface area contributed by atoms with Gasteiger partial charge >= 0.3 is 0 Å². The minimum Gasteiger partial charge on any atom is -0.486 e. The molecule has 202 valence electrons. The second-order valence-corrected chi connectivity index (χ2v) is 8.28. The van der Waals surface area contributed by atoms with Crippen LogP contribution in [0.5, 0.6) is 5.88 Å². The standard InChI is InChI=1S/C27H34N6O5/c1-2-34-12-13-35-14-15-36-18-38-27-25(31-33-32-27)23(28)24(29)26(37-17-19-8-4-3-5-9-19)21-16-30-22-11-7-6-10-20(21)22/h3-11,16,23,30H,2,12-15,17-18,28-29H2,1H3,(H,31,32,33). The molecule has 0 saturated heterocycles. The van der Waals surface area contributed by atoms with Gasteiger partial charge in [0.05, 0.1) is 38.2 Å². The summed E-state index contributed by atoms with van der Waals surface area (Å²) in [6, 6.07) is 16.9. The fraction of sp³-hybridized carbons (Fsp3) is 0.333. The van der Waals surface area contributed by atoms with Crippen LogP contribution in [0.25, 0.3) is 16.7 Å². The third kappa shape index (κ3) is 7.11. The van der Waals surface area contributed by atoms with Crippen LogP contribution in [0.1, 0.15) is 29.8 Å². The van der Waals surface area contributed by atoms with Crippen LogP contribution in [-0.4, -0.2) is 60.2 Å². The van der Waals surface area contributed by atoms with Crippen LogP contribution >= 0.6 is 0 Å². The highest BCUT2D eigenvalue weighted by molar-refractivity contribution is 5.91. The van der Waals surface area contributed by atoms with Gasteiger partial charge < -0.3 is 40.1 Å². The number of nitrogens with two attached hydrogens (primary N) is 2. The smallest absolute Gasteiger partial charge is 0.260 e. The summed E-state index contributed by atoms with van der Waals surface area (Å²) in [6.07, 6.45) is 1.86. The van der Waals surface area contributed by atoms with E-state index in [1.54, 1.807) is 0 Å². The van der Waals surface area contributed by atoms with Crippen LogP contribution < -0.4 is 16.2 Å². The first kappa shape index (κ1) is 27.1. The Bertz CT molecular complexity index is 1290. The van der Waals surface area contributed by atoms with Gasteiger partial charge in [0, 0.05) is 29.3 Å². The highest BCUT2D eigenvalue weighted by atomic mass is 16.7. The Morgan fingerprint density at radius 3 is 2.47 bits per heavy atom. The molecule has 11 nitrogen and oxygen atoms in total. The highest BCUT2D eigenvalue weighted by Crippen LogP contribution is 2.32. The van der Waals surface area contributed by atoms with Crippen molar-refractivity contribution < 1.29 is 23.7 Å². The van der Waals surface area contributed by atoms with Crippen LogP contribution in [0, 0.1) is 0 Å². The molecule has 38 heavy (non-hydrogen) atoms. The van der Waals surface area contributed by atoms with E-state index in [2.05, 4.69) is 20.4 Å². The third-order valence-corrected chi connectivity index (χ3v) is 5.72. The summed E-state index contributed by atoms with van der Waals surface area (Å²) in [4.78, 5) is 3.26. The van der Waals surface area contributed by atoms with Crippen molar-refractivity contribution in [2.24, 2.45) is 11.5 Å². The van der Waals surface area contributed by atoms with Crippen LogP contribution in [0.4, 0.5) is 0 Å². The number of para-hydroxylation sites is 1. The molecule has 1 atom stereocenters. The molecule has 0 aliphatic carbocycles. The van der Waals surface area contributed by atoms with Gasteiger partial charge in [-0.05, 0) is 18.6 Å². The van der Waals surface area contributed by atoms with Gasteiger partial charge in [-0.15, -0.1) is 5.10 Å². The van der Waals surface area contributed by atoms with Gasteiger partial charge in [0.2, 0.25) is 0 Å². The van der Waals surface area contributed by atoms with Crippen molar-refractivity contribution >= 4 is 16.7 Å². The van der Waals surface area contributed by atoms with Gasteiger partial charge in [-0.3, -0.25) is 0 Å². The Morgan fingerprint density at radius 1 is 0.921 bits per heavy atom. The Kier molecular flexibility index (Phi) is 10.1. The molecule has 4 rings (SSSR count). The number of nitrogens with one attached hydrogen (secondary N) is 2. The lowest BCUT2D eigenvalue weighted by atomic mass is 10.1. The number of aromatic amines is 2. The summed E-state index contributed by atoms with van der Waals surface area (Å²) in [5.41, 5.74) is 16.6. The normalized spacial score (nSPS) is 12.9. The summed E-state index contributed by atoms with van der Waals surface area (Å²) < 4.78 is 28.0. The molecule has 0 aliphatic rings. The zero-order valence-electron chi connectivity index (χ0n) is 21.4. The number of fused-ring (bicyclic) bond motifs is 1. The van der Waals surface area contributed by atoms with E-state index in [0.717, 1.165) is 22.0 Å². The van der Waals surface area contributed by atoms with E-state index in [1.165, 1.54) is 0 Å². The maximum atomic E-state index is 6.63. The SMILES string of the molecule is CCOCCOCCOCOc1n[nH]nc1C(N)C(N)=C(OCc1ccccc1)c1c[nH]c2ccccc12. The Balaban J connectivity index is 1.46. The van der Waals surface area contributed by atoms with E-state index in [9.17, 15) is 0 Å². The van der Waals surface area contributed by atoms with Crippen molar-refractivity contribution in [1.29, 1.82) is 0 Å². The van der Waals surface area contributed by atoms with Crippen molar-refractivity contribution in [2.75, 3.05) is 39.8 Å². The summed E-state index contributed by atoms with van der Waals surface area (Å²) in [5, 5.41) is 11.8. The summed E-state index contributed by atoms with van der Waals surface area (Å²) in [6.45, 7) is 4.70. The largest absolute Gasteiger partial charge is 0.486 e. The zero-order chi connectivity index (χ0) is 26.6. The summed E-state index contributed by atoms with van der Waals surface area (Å²) >= 11 is 0. The van der Waals surface area contributed by atoms with E-state index in [4.69, 9.17) is 35.2 Å². The van der Waals surface area contributed by atoms with Gasteiger partial charge in [-0.1, -0.05) is 48.5 Å². The average Bonchev–Trinajstić information content (AvgIpc) is 3.60. The predicted molar refractivity (Wildman–Crippen MR) is 143 cm³/mol. The van der Waals surface area contributed by atoms with Crippen molar-refractivity contribution in [3.05, 3.63) is 83.3 Å². The van der Waals surface area contributed by atoms with Crippen LogP contribution in [0.2, 0.25) is 0 Å². The molecule has 0 amide bonds. The third-order valence-electron chi connectivity index (χ3n) is 5.72. The number of aromatic nitrogens is 4. The summed E-state index contributed by atoms with van der Waals surface area (Å²) in [7, 11) is 0. The second-order valence-electron chi connectivity index (χ2n) is 8.28. The number of H-pyrrole nitrogens is 2. The minimum atomic E-state index is -0.856. The van der Waals surface area contributed by atoms with E-state index in [1.807, 2.05) is 67.7 Å². The molecule has 4 aromatic rings. The van der Waals surface area contributed by atoms with Crippen LogP contribution in [-0.2, 0) is 25.6 Å². The van der Waals surface area contributed by atoms with Crippen molar-refractivity contribution in [1.82, 2.24) is 20.4 Å². The molecule has 2 aromatic carbocycles. The molecular weight excluding hydrogens is 488 g/mol. The lowest BCUT2D eigenvalue weighted by Gasteiger charge is -2.18. The molecule has 2 heterocycles. The molecule has 6 N–H and O–H groups in total. The number of hydrogen-bond donors (Lipinski definition) is 4. The molecule has 0 radical (unpaired) electrons. The molecule has 11 heteroatoms. The fourth-order valence-electron chi connectivity index (χ4n) is 3.77. The topological polar surface area (TPSA) is 156 Å². The number of nitrogens with zero attached hydrogens (tertiary/aromatic N) is 2. The predicted octanol–water partition coefficient (Wildman–Crippen LogP) is 3.24. The molecule has 0 fully saturated rings. The molecular formula is C27H34N6O5. The summed E-state index contributed by atoms with van der Waals surface area (Å²) in [5.74, 6) is 0.646. The first-order valence-corrected chi connectivity index (χ1v) is 12.4. The lowest BCUT2D eigenvalue weighted by Crippen LogP contribution is -2.23. The number of hydrogen-bond acceptors (Lipinski definition) is 9. The van der Waals surface area contributed by atoms with Crippen molar-refractivity contribution in [2.45, 2.75) is 19.6 Å². The van der Waals surface area contributed by atoms with Gasteiger partial charge in [0.15, 0.2) is 6.79 Å². The van der Waals surface area contributed by atoms with Gasteiger partial charge in [-0.2, -0.15) is 10.3 Å². The van der Waals surface area contributed by atoms with Crippen LogP contribution in [0.3, 0.4) is 0 Å². The highest BCUT2D eigenvalue weighted by Gasteiger charge is 2.25. The molecule has 2 aromatic heterocycles. The first-order chi connectivity index (χ1) is 18.7. The zero-order valence-corrected chi connectivity index (χ0v) is 21.4. The number of benzene rings is 2. The van der Waals surface area contributed by atoms with Gasteiger partial charge in [0.25, 0.3) is 5.88 Å². The monoisotopic (exact) mass is 522 g/mol. The van der Waals surface area contributed by atoms with Crippen molar-refractivity contribution in [3.8, 4) is 5.88 Å². The average molecular weight is 523 g/mol. The second kappa shape index (κ2) is 14.1. The molecule has 0 saturated carbocycles.